The van der Waals surface area contributed by atoms with Crippen LogP contribution in [-0.4, -0.2) is 56.2 Å². The van der Waals surface area contributed by atoms with Gasteiger partial charge < -0.3 is 10.2 Å². The standard InChI is InChI=1S/C24H24N4O3S3.ClH/c1-27(2)34(30,31)16-10-8-15(9-11-16)22(29)26-24-21(17-12-13-28(3)14-20(17)33-24)23-25-18-6-4-5-7-19(18)32-23;/h4-11H,12-14H2,1-3H3,(H,26,29);1H. The third-order valence-corrected chi connectivity index (χ3v) is 9.89. The Labute approximate surface area is 218 Å². The molecular weight excluding hydrogens is 524 g/mol. The minimum absolute atomic E-state index is 0. The van der Waals surface area contributed by atoms with Crippen molar-refractivity contribution in [2.75, 3.05) is 33.0 Å². The Balaban J connectivity index is 0.00000289. The number of thiophene rings is 1. The first-order chi connectivity index (χ1) is 16.2. The van der Waals surface area contributed by atoms with Gasteiger partial charge in [0.2, 0.25) is 10.0 Å². The van der Waals surface area contributed by atoms with E-state index in [2.05, 4.69) is 23.3 Å². The van der Waals surface area contributed by atoms with Crippen molar-refractivity contribution in [3.8, 4) is 10.6 Å². The van der Waals surface area contributed by atoms with Crippen molar-refractivity contribution in [3.63, 3.8) is 0 Å². The summed E-state index contributed by atoms with van der Waals surface area (Å²) in [6.45, 7) is 1.79. The van der Waals surface area contributed by atoms with Crippen LogP contribution in [0.15, 0.2) is 53.4 Å². The molecular formula is C24H25ClN4O3S3. The number of nitrogens with one attached hydrogen (secondary N) is 1. The summed E-state index contributed by atoms with van der Waals surface area (Å²) in [5, 5.41) is 4.79. The molecule has 0 unspecified atom stereocenters. The SMILES string of the molecule is CN1CCc2c(sc(NC(=O)c3ccc(S(=O)(=O)N(C)C)cc3)c2-c2nc3ccccc3s2)C1.Cl. The lowest BCUT2D eigenvalue weighted by atomic mass is 10.0. The molecule has 0 radical (unpaired) electrons. The summed E-state index contributed by atoms with van der Waals surface area (Å²) in [5.74, 6) is -0.275. The number of likely N-dealkylation sites (N-methyl/N-ethyl adjacent to an activating group) is 1. The molecule has 184 valence electrons. The molecule has 0 fully saturated rings. The van der Waals surface area contributed by atoms with Crippen LogP contribution in [0.25, 0.3) is 20.8 Å². The summed E-state index contributed by atoms with van der Waals surface area (Å²) < 4.78 is 26.9. The van der Waals surface area contributed by atoms with E-state index in [1.54, 1.807) is 34.8 Å². The fourth-order valence-corrected chi connectivity index (χ4v) is 7.32. The monoisotopic (exact) mass is 548 g/mol. The number of anilines is 1. The van der Waals surface area contributed by atoms with Crippen LogP contribution in [0.4, 0.5) is 5.00 Å². The Morgan fingerprint density at radius 3 is 2.49 bits per heavy atom. The fraction of sp³-hybridized carbons (Fsp3) is 0.250. The Kier molecular flexibility index (Phi) is 7.33. The van der Waals surface area contributed by atoms with Gasteiger partial charge >= 0.3 is 0 Å². The number of amides is 1. The molecule has 4 aromatic rings. The number of nitrogens with zero attached hydrogens (tertiary/aromatic N) is 3. The second-order valence-electron chi connectivity index (χ2n) is 8.45. The van der Waals surface area contributed by atoms with Gasteiger partial charge in [0.25, 0.3) is 5.91 Å². The highest BCUT2D eigenvalue weighted by molar-refractivity contribution is 7.89. The Bertz CT molecular complexity index is 1460. The molecule has 1 aliphatic rings. The number of hydrogen-bond donors (Lipinski definition) is 1. The highest BCUT2D eigenvalue weighted by Gasteiger charge is 2.27. The lowest BCUT2D eigenvalue weighted by Gasteiger charge is -2.22. The van der Waals surface area contributed by atoms with Crippen LogP contribution in [0.2, 0.25) is 0 Å². The molecule has 2 aromatic heterocycles. The molecule has 5 rings (SSSR count). The molecule has 0 saturated heterocycles. The number of hydrogen-bond acceptors (Lipinski definition) is 7. The smallest absolute Gasteiger partial charge is 0.256 e. The summed E-state index contributed by atoms with van der Waals surface area (Å²) in [6, 6.07) is 14.1. The van der Waals surface area contributed by atoms with E-state index in [1.165, 1.54) is 36.7 Å². The van der Waals surface area contributed by atoms with Crippen molar-refractivity contribution < 1.29 is 13.2 Å². The van der Waals surface area contributed by atoms with Crippen LogP contribution in [0.3, 0.4) is 0 Å². The van der Waals surface area contributed by atoms with Crippen molar-refractivity contribution in [1.82, 2.24) is 14.2 Å². The van der Waals surface area contributed by atoms with Crippen LogP contribution >= 0.6 is 35.1 Å². The number of benzene rings is 2. The van der Waals surface area contributed by atoms with Gasteiger partial charge in [-0.15, -0.1) is 35.1 Å². The number of carbonyl (C=O) groups excluding carboxylic acids is 1. The molecule has 0 aliphatic carbocycles. The number of carbonyl (C=O) groups is 1. The summed E-state index contributed by atoms with van der Waals surface area (Å²) in [7, 11) is 1.51. The predicted octanol–water partition coefficient (Wildman–Crippen LogP) is 4.94. The fourth-order valence-electron chi connectivity index (χ4n) is 3.99. The third-order valence-electron chi connectivity index (χ3n) is 5.88. The van der Waals surface area contributed by atoms with E-state index < -0.39 is 10.0 Å². The quantitative estimate of drug-likeness (QED) is 0.382. The lowest BCUT2D eigenvalue weighted by Crippen LogP contribution is -2.25. The van der Waals surface area contributed by atoms with E-state index in [4.69, 9.17) is 4.98 Å². The highest BCUT2D eigenvalue weighted by atomic mass is 35.5. The van der Waals surface area contributed by atoms with Crippen LogP contribution < -0.4 is 5.32 Å². The van der Waals surface area contributed by atoms with Crippen LogP contribution in [0, 0.1) is 0 Å². The zero-order valence-electron chi connectivity index (χ0n) is 19.4. The van der Waals surface area contributed by atoms with Crippen LogP contribution in [-0.2, 0) is 23.0 Å². The molecule has 0 saturated carbocycles. The molecule has 3 heterocycles. The molecule has 0 bridgehead atoms. The number of thiazole rings is 1. The number of fused-ring (bicyclic) bond motifs is 2. The molecule has 1 amide bonds. The maximum atomic E-state index is 13.2. The average Bonchev–Trinajstić information content (AvgIpc) is 3.39. The first-order valence-corrected chi connectivity index (χ1v) is 13.8. The molecule has 0 spiro atoms. The normalized spacial score (nSPS) is 14.1. The maximum Gasteiger partial charge on any atom is 0.256 e. The Hall–Kier alpha value is -2.34. The van der Waals surface area contributed by atoms with E-state index in [1.807, 2.05) is 18.2 Å². The topological polar surface area (TPSA) is 82.6 Å². The minimum Gasteiger partial charge on any atom is -0.313 e. The summed E-state index contributed by atoms with van der Waals surface area (Å²) in [5.41, 5.74) is 3.61. The summed E-state index contributed by atoms with van der Waals surface area (Å²) in [6.07, 6.45) is 0.903. The number of para-hydroxylation sites is 1. The molecule has 1 N–H and O–H groups in total. The Morgan fingerprint density at radius 1 is 1.09 bits per heavy atom. The van der Waals surface area contributed by atoms with Gasteiger partial charge in [-0.2, -0.15) is 0 Å². The van der Waals surface area contributed by atoms with Crippen molar-refractivity contribution in [3.05, 3.63) is 64.5 Å². The van der Waals surface area contributed by atoms with E-state index >= 15 is 0 Å². The minimum atomic E-state index is -3.55. The van der Waals surface area contributed by atoms with Crippen molar-refractivity contribution in [2.24, 2.45) is 0 Å². The zero-order valence-corrected chi connectivity index (χ0v) is 22.7. The largest absolute Gasteiger partial charge is 0.313 e. The van der Waals surface area contributed by atoms with Gasteiger partial charge in [0.05, 0.1) is 15.1 Å². The van der Waals surface area contributed by atoms with Gasteiger partial charge in [-0.25, -0.2) is 17.7 Å². The number of aromatic nitrogens is 1. The van der Waals surface area contributed by atoms with Crippen molar-refractivity contribution in [1.29, 1.82) is 0 Å². The van der Waals surface area contributed by atoms with Gasteiger partial charge in [0.1, 0.15) is 10.0 Å². The van der Waals surface area contributed by atoms with E-state index in [0.717, 1.165) is 49.6 Å². The average molecular weight is 549 g/mol. The van der Waals surface area contributed by atoms with Crippen LogP contribution in [0.5, 0.6) is 0 Å². The van der Waals surface area contributed by atoms with Crippen LogP contribution in [0.1, 0.15) is 20.8 Å². The van der Waals surface area contributed by atoms with Gasteiger partial charge in [-0.05, 0) is 55.4 Å². The lowest BCUT2D eigenvalue weighted by molar-refractivity contribution is 0.102. The first-order valence-electron chi connectivity index (χ1n) is 10.8. The third kappa shape index (κ3) is 4.87. The van der Waals surface area contributed by atoms with Crippen molar-refractivity contribution >= 4 is 66.2 Å². The second-order valence-corrected chi connectivity index (χ2v) is 12.7. The first kappa shape index (κ1) is 25.7. The van der Waals surface area contributed by atoms with Gasteiger partial charge in [0, 0.05) is 43.2 Å². The molecule has 1 aliphatic heterocycles. The zero-order chi connectivity index (χ0) is 24.0. The molecule has 2 aromatic carbocycles. The summed E-state index contributed by atoms with van der Waals surface area (Å²) >= 11 is 3.23. The summed E-state index contributed by atoms with van der Waals surface area (Å²) in [4.78, 5) is 21.7. The Morgan fingerprint density at radius 2 is 1.80 bits per heavy atom. The molecule has 0 atom stereocenters. The predicted molar refractivity (Wildman–Crippen MR) is 145 cm³/mol. The van der Waals surface area contributed by atoms with E-state index in [0.29, 0.717) is 5.56 Å². The second kappa shape index (κ2) is 9.96. The number of sulfonamides is 1. The van der Waals surface area contributed by atoms with Gasteiger partial charge in [-0.3, -0.25) is 4.79 Å². The number of halogens is 1. The highest BCUT2D eigenvalue weighted by Crippen LogP contribution is 2.45. The number of rotatable bonds is 5. The van der Waals surface area contributed by atoms with Gasteiger partial charge in [0.15, 0.2) is 0 Å². The van der Waals surface area contributed by atoms with E-state index in [9.17, 15) is 13.2 Å². The van der Waals surface area contributed by atoms with Crippen molar-refractivity contribution in [2.45, 2.75) is 17.9 Å². The van der Waals surface area contributed by atoms with E-state index in [-0.39, 0.29) is 23.2 Å². The van der Waals surface area contributed by atoms with Gasteiger partial charge in [-0.1, -0.05) is 12.1 Å². The molecule has 7 nitrogen and oxygen atoms in total. The molecule has 35 heavy (non-hydrogen) atoms. The maximum absolute atomic E-state index is 13.2. The molecule has 11 heteroatoms.